The Hall–Kier alpha value is -3.47. The lowest BCUT2D eigenvalue weighted by atomic mass is 9.92. The molecule has 1 saturated heterocycles. The van der Waals surface area contributed by atoms with Gasteiger partial charge in [-0.1, -0.05) is 79.7 Å². The predicted octanol–water partition coefficient (Wildman–Crippen LogP) is 4.24. The maximum Gasteiger partial charge on any atom is 0.338 e. The highest BCUT2D eigenvalue weighted by atomic mass is 16.2. The van der Waals surface area contributed by atoms with Gasteiger partial charge in [-0.25, -0.2) is 9.69 Å². The standard InChI is InChI=1S/C24H22N2O3/c1-17-9-8-14-20(15-17)26-23(28)21(19-12-6-3-7-13-19)22(27)25(24(26)29)16-18-10-4-2-5-11-18/h2-14,17,21H,15-16H2,1H3. The molecular weight excluding hydrogens is 364 g/mol. The maximum absolute atomic E-state index is 13.3. The number of carbonyl (C=O) groups is 3. The van der Waals surface area contributed by atoms with E-state index in [0.717, 1.165) is 5.56 Å². The first-order valence-electron chi connectivity index (χ1n) is 9.72. The van der Waals surface area contributed by atoms with Crippen LogP contribution in [0.15, 0.2) is 84.6 Å². The number of rotatable bonds is 4. The number of nitrogens with zero attached hydrogens (tertiary/aromatic N) is 2. The second kappa shape index (κ2) is 7.87. The molecule has 0 N–H and O–H groups in total. The minimum atomic E-state index is -1.03. The lowest BCUT2D eigenvalue weighted by Crippen LogP contribution is -2.58. The van der Waals surface area contributed by atoms with Crippen LogP contribution in [0.25, 0.3) is 0 Å². The van der Waals surface area contributed by atoms with Crippen LogP contribution >= 0.6 is 0 Å². The molecule has 2 atom stereocenters. The highest BCUT2D eigenvalue weighted by Gasteiger charge is 2.47. The van der Waals surface area contributed by atoms with Crippen LogP contribution in [0.5, 0.6) is 0 Å². The van der Waals surface area contributed by atoms with Crippen LogP contribution in [-0.4, -0.2) is 27.6 Å². The van der Waals surface area contributed by atoms with Crippen LogP contribution in [0, 0.1) is 5.92 Å². The summed E-state index contributed by atoms with van der Waals surface area (Å²) in [4.78, 5) is 42.3. The van der Waals surface area contributed by atoms with Crippen molar-refractivity contribution in [2.75, 3.05) is 0 Å². The third-order valence-corrected chi connectivity index (χ3v) is 5.27. The predicted molar refractivity (Wildman–Crippen MR) is 109 cm³/mol. The number of imide groups is 2. The van der Waals surface area contributed by atoms with E-state index >= 15 is 0 Å². The average molecular weight is 386 g/mol. The molecule has 1 fully saturated rings. The second-order valence-electron chi connectivity index (χ2n) is 7.43. The van der Waals surface area contributed by atoms with Crippen molar-refractivity contribution < 1.29 is 14.4 Å². The van der Waals surface area contributed by atoms with Crippen LogP contribution in [0.1, 0.15) is 30.4 Å². The highest BCUT2D eigenvalue weighted by Crippen LogP contribution is 2.33. The molecule has 0 aromatic heterocycles. The summed E-state index contributed by atoms with van der Waals surface area (Å²) in [6.07, 6.45) is 6.25. The Balaban J connectivity index is 1.76. The highest BCUT2D eigenvalue weighted by molar-refractivity contribution is 6.20. The largest absolute Gasteiger partial charge is 0.338 e. The first-order valence-corrected chi connectivity index (χ1v) is 9.72. The van der Waals surface area contributed by atoms with Crippen LogP contribution in [0.4, 0.5) is 4.79 Å². The number of hydrogen-bond donors (Lipinski definition) is 0. The third-order valence-electron chi connectivity index (χ3n) is 5.27. The normalized spacial score (nSPS) is 22.1. The number of urea groups is 1. The van der Waals surface area contributed by atoms with E-state index in [1.165, 1.54) is 9.80 Å². The summed E-state index contributed by atoms with van der Waals surface area (Å²) in [7, 11) is 0. The average Bonchev–Trinajstić information content (AvgIpc) is 2.73. The molecule has 0 bridgehead atoms. The number of carbonyl (C=O) groups excluding carboxylic acids is 3. The van der Waals surface area contributed by atoms with Gasteiger partial charge in [0.1, 0.15) is 5.92 Å². The summed E-state index contributed by atoms with van der Waals surface area (Å²) in [6, 6.07) is 17.7. The lowest BCUT2D eigenvalue weighted by Gasteiger charge is -2.38. The molecule has 1 aliphatic heterocycles. The fraction of sp³-hybridized carbons (Fsp3) is 0.208. The summed E-state index contributed by atoms with van der Waals surface area (Å²) in [5.74, 6) is -1.78. The molecule has 4 rings (SSSR count). The van der Waals surface area contributed by atoms with Crippen LogP contribution in [0.2, 0.25) is 0 Å². The van der Waals surface area contributed by atoms with Crippen molar-refractivity contribution in [3.05, 3.63) is 95.7 Å². The summed E-state index contributed by atoms with van der Waals surface area (Å²) in [6.45, 7) is 2.16. The monoisotopic (exact) mass is 386 g/mol. The van der Waals surface area contributed by atoms with Crippen LogP contribution in [-0.2, 0) is 16.1 Å². The SMILES string of the molecule is CC1C=CC=C(N2C(=O)C(c3ccccc3)C(=O)N(Cc3ccccc3)C2=O)C1. The summed E-state index contributed by atoms with van der Waals surface area (Å²) in [5, 5.41) is 0. The van der Waals surface area contributed by atoms with Crippen LogP contribution < -0.4 is 0 Å². The molecule has 5 heteroatoms. The molecule has 4 amide bonds. The van der Waals surface area contributed by atoms with Gasteiger partial charge in [-0.15, -0.1) is 0 Å². The fourth-order valence-electron chi connectivity index (χ4n) is 3.79. The molecule has 0 saturated carbocycles. The van der Waals surface area contributed by atoms with Gasteiger partial charge in [-0.3, -0.25) is 14.5 Å². The van der Waals surface area contributed by atoms with Gasteiger partial charge in [0, 0.05) is 5.70 Å². The zero-order valence-corrected chi connectivity index (χ0v) is 16.2. The zero-order chi connectivity index (χ0) is 20.4. The van der Waals surface area contributed by atoms with Crippen molar-refractivity contribution in [2.24, 2.45) is 5.92 Å². The van der Waals surface area contributed by atoms with Crippen molar-refractivity contribution in [2.45, 2.75) is 25.8 Å². The quantitative estimate of drug-likeness (QED) is 0.739. The van der Waals surface area contributed by atoms with E-state index in [1.807, 2.05) is 55.5 Å². The second-order valence-corrected chi connectivity index (χ2v) is 7.43. The van der Waals surface area contributed by atoms with Gasteiger partial charge in [0.2, 0.25) is 5.91 Å². The first-order chi connectivity index (χ1) is 14.1. The number of benzene rings is 2. The molecular formula is C24H22N2O3. The smallest absolute Gasteiger partial charge is 0.273 e. The Kier molecular flexibility index (Phi) is 5.12. The summed E-state index contributed by atoms with van der Waals surface area (Å²) < 4.78 is 0. The van der Waals surface area contributed by atoms with Gasteiger partial charge in [0.25, 0.3) is 5.91 Å². The van der Waals surface area contributed by atoms with Crippen molar-refractivity contribution in [1.82, 2.24) is 9.80 Å². The van der Waals surface area contributed by atoms with E-state index in [0.29, 0.717) is 17.7 Å². The third kappa shape index (κ3) is 3.63. The van der Waals surface area contributed by atoms with E-state index in [1.54, 1.807) is 30.3 Å². The van der Waals surface area contributed by atoms with Gasteiger partial charge in [0.05, 0.1) is 6.54 Å². The van der Waals surface area contributed by atoms with E-state index in [9.17, 15) is 14.4 Å². The molecule has 146 valence electrons. The Labute approximate surface area is 169 Å². The van der Waals surface area contributed by atoms with Crippen LogP contribution in [0.3, 0.4) is 0 Å². The van der Waals surface area contributed by atoms with E-state index < -0.39 is 23.8 Å². The van der Waals surface area contributed by atoms with E-state index in [4.69, 9.17) is 0 Å². The Morgan fingerprint density at radius 1 is 0.897 bits per heavy atom. The number of hydrogen-bond acceptors (Lipinski definition) is 3. The molecule has 2 aliphatic rings. The van der Waals surface area contributed by atoms with Gasteiger partial charge < -0.3 is 0 Å². The minimum absolute atomic E-state index is 0.129. The molecule has 0 radical (unpaired) electrons. The van der Waals surface area contributed by atoms with E-state index in [2.05, 4.69) is 0 Å². The van der Waals surface area contributed by atoms with Gasteiger partial charge in [-0.2, -0.15) is 0 Å². The van der Waals surface area contributed by atoms with Gasteiger partial charge >= 0.3 is 6.03 Å². The molecule has 2 aromatic rings. The molecule has 29 heavy (non-hydrogen) atoms. The topological polar surface area (TPSA) is 57.7 Å². The first kappa shape index (κ1) is 18.9. The number of barbiturate groups is 1. The van der Waals surface area contributed by atoms with Gasteiger partial charge in [0.15, 0.2) is 0 Å². The van der Waals surface area contributed by atoms with Gasteiger partial charge in [-0.05, 0) is 29.5 Å². The zero-order valence-electron chi connectivity index (χ0n) is 16.2. The number of allylic oxidation sites excluding steroid dienone is 4. The summed E-state index contributed by atoms with van der Waals surface area (Å²) in [5.41, 5.74) is 2.06. The molecule has 1 heterocycles. The van der Waals surface area contributed by atoms with Crippen molar-refractivity contribution in [3.63, 3.8) is 0 Å². The summed E-state index contributed by atoms with van der Waals surface area (Å²) >= 11 is 0. The van der Waals surface area contributed by atoms with Crippen molar-refractivity contribution in [3.8, 4) is 0 Å². The molecule has 2 unspecified atom stereocenters. The van der Waals surface area contributed by atoms with E-state index in [-0.39, 0.29) is 12.5 Å². The number of amides is 4. The Morgan fingerprint density at radius 2 is 1.55 bits per heavy atom. The molecule has 1 aliphatic carbocycles. The maximum atomic E-state index is 13.3. The molecule has 0 spiro atoms. The molecule has 2 aromatic carbocycles. The minimum Gasteiger partial charge on any atom is -0.273 e. The fourth-order valence-corrected chi connectivity index (χ4v) is 3.79. The molecule has 5 nitrogen and oxygen atoms in total. The Morgan fingerprint density at radius 3 is 2.21 bits per heavy atom. The lowest BCUT2D eigenvalue weighted by molar-refractivity contribution is -0.144. The van der Waals surface area contributed by atoms with Crippen molar-refractivity contribution >= 4 is 17.8 Å². The van der Waals surface area contributed by atoms with Crippen molar-refractivity contribution in [1.29, 1.82) is 0 Å². The Bertz CT molecular complexity index is 995.